The van der Waals surface area contributed by atoms with Crippen LogP contribution in [0.2, 0.25) is 5.02 Å². The number of aliphatic hydroxyl groups is 4. The van der Waals surface area contributed by atoms with Gasteiger partial charge in [0.05, 0.1) is 6.61 Å². The molecule has 5 atom stereocenters. The van der Waals surface area contributed by atoms with E-state index in [2.05, 4.69) is 24.3 Å². The van der Waals surface area contributed by atoms with Gasteiger partial charge in [-0.3, -0.25) is 0 Å². The van der Waals surface area contributed by atoms with Crippen LogP contribution in [0.15, 0.2) is 42.5 Å². The fraction of sp³-hybridized carbons (Fsp3) is 0.478. The molecule has 2 aromatic carbocycles. The second-order valence-electron chi connectivity index (χ2n) is 8.14. The average molecular weight is 435 g/mol. The number of aliphatic hydroxyl groups excluding tert-OH is 4. The first-order valence-corrected chi connectivity index (χ1v) is 10.5. The van der Waals surface area contributed by atoms with E-state index in [-0.39, 0.29) is 0 Å². The Hall–Kier alpha value is -1.51. The third-order valence-corrected chi connectivity index (χ3v) is 6.49. The molecule has 0 spiro atoms. The molecular formula is C23H27ClO6. The second-order valence-corrected chi connectivity index (χ2v) is 8.54. The van der Waals surface area contributed by atoms with Gasteiger partial charge in [-0.2, -0.15) is 0 Å². The smallest absolute Gasteiger partial charge is 0.224 e. The molecule has 0 amide bonds. The van der Waals surface area contributed by atoms with Crippen LogP contribution in [-0.2, 0) is 21.7 Å². The van der Waals surface area contributed by atoms with Gasteiger partial charge in [0.2, 0.25) is 5.79 Å². The minimum absolute atomic E-state index is 0.441. The number of hydrogen-bond acceptors (Lipinski definition) is 6. The van der Waals surface area contributed by atoms with Crippen LogP contribution in [0.3, 0.4) is 0 Å². The van der Waals surface area contributed by atoms with E-state index in [9.17, 15) is 20.4 Å². The number of rotatable bonds is 6. The molecule has 2 aliphatic rings. The maximum atomic E-state index is 10.7. The summed E-state index contributed by atoms with van der Waals surface area (Å²) in [6.45, 7) is -0.538. The summed E-state index contributed by atoms with van der Waals surface area (Å²) >= 11 is 6.44. The standard InChI is InChI=1S/C23H27ClO6/c1-29-23(22(28)21(27)20(26)19(12-25)30-23)17-8-9-18(24)16(11-17)10-13-2-4-14(5-3-13)15-6-7-15/h2-5,8-9,11,15,19-22,25-28H,6-7,10,12H2,1H3/t19?,20-,21?,22-,23+/m1/s1. The van der Waals surface area contributed by atoms with Crippen molar-refractivity contribution in [1.82, 2.24) is 0 Å². The van der Waals surface area contributed by atoms with Crippen LogP contribution in [0.1, 0.15) is 41.0 Å². The summed E-state index contributed by atoms with van der Waals surface area (Å²) in [5.41, 5.74) is 3.70. The van der Waals surface area contributed by atoms with Crippen molar-refractivity contribution >= 4 is 11.6 Å². The summed E-state index contributed by atoms with van der Waals surface area (Å²) in [5, 5.41) is 41.2. The Bertz CT molecular complexity index is 882. The normalized spacial score (nSPS) is 31.7. The number of ether oxygens (including phenoxy) is 2. The molecule has 1 aliphatic carbocycles. The van der Waals surface area contributed by atoms with Gasteiger partial charge in [0.15, 0.2) is 0 Å². The van der Waals surface area contributed by atoms with E-state index in [1.54, 1.807) is 18.2 Å². The lowest BCUT2D eigenvalue weighted by Crippen LogP contribution is -2.64. The van der Waals surface area contributed by atoms with Crippen LogP contribution in [0.4, 0.5) is 0 Å². The fourth-order valence-corrected chi connectivity index (χ4v) is 4.32. The van der Waals surface area contributed by atoms with Crippen molar-refractivity contribution in [1.29, 1.82) is 0 Å². The highest BCUT2D eigenvalue weighted by Gasteiger charge is 2.55. The van der Waals surface area contributed by atoms with E-state index in [1.807, 2.05) is 0 Å². The first-order chi connectivity index (χ1) is 14.4. The summed E-state index contributed by atoms with van der Waals surface area (Å²) in [7, 11) is 1.34. The molecule has 4 N–H and O–H groups in total. The number of methoxy groups -OCH3 is 1. The summed E-state index contributed by atoms with van der Waals surface area (Å²) in [5.74, 6) is -1.06. The largest absolute Gasteiger partial charge is 0.394 e. The highest BCUT2D eigenvalue weighted by Crippen LogP contribution is 2.41. The molecule has 2 unspecified atom stereocenters. The summed E-state index contributed by atoms with van der Waals surface area (Å²) in [6, 6.07) is 13.6. The van der Waals surface area contributed by atoms with Crippen LogP contribution in [0.25, 0.3) is 0 Å². The van der Waals surface area contributed by atoms with Gasteiger partial charge in [-0.1, -0.05) is 41.9 Å². The quantitative estimate of drug-likeness (QED) is 0.555. The van der Waals surface area contributed by atoms with Gasteiger partial charge >= 0.3 is 0 Å². The Labute approximate surface area is 180 Å². The molecule has 0 radical (unpaired) electrons. The Morgan fingerprint density at radius 3 is 2.37 bits per heavy atom. The minimum Gasteiger partial charge on any atom is -0.394 e. The Balaban J connectivity index is 1.65. The van der Waals surface area contributed by atoms with E-state index < -0.39 is 36.8 Å². The molecule has 162 valence electrons. The topological polar surface area (TPSA) is 99.4 Å². The lowest BCUT2D eigenvalue weighted by Gasteiger charge is -2.47. The predicted octanol–water partition coefficient (Wildman–Crippen LogP) is 2.08. The van der Waals surface area contributed by atoms with Gasteiger partial charge in [-0.25, -0.2) is 0 Å². The zero-order valence-corrected chi connectivity index (χ0v) is 17.5. The van der Waals surface area contributed by atoms with Crippen molar-refractivity contribution in [2.75, 3.05) is 13.7 Å². The molecule has 1 saturated heterocycles. The number of benzene rings is 2. The molecule has 2 aromatic rings. The van der Waals surface area contributed by atoms with Crippen molar-refractivity contribution in [3.05, 3.63) is 69.7 Å². The second kappa shape index (κ2) is 8.55. The number of halogens is 1. The molecule has 1 saturated carbocycles. The number of hydrogen-bond donors (Lipinski definition) is 4. The Morgan fingerprint density at radius 1 is 1.07 bits per heavy atom. The Morgan fingerprint density at radius 2 is 1.77 bits per heavy atom. The first kappa shape index (κ1) is 21.7. The van der Waals surface area contributed by atoms with E-state index in [1.165, 1.54) is 25.5 Å². The SMILES string of the molecule is CO[C@@]1(c2ccc(Cl)c(Cc3ccc(C4CC4)cc3)c2)OC(CO)[C@@H](O)C(O)[C@H]1O. The molecular weight excluding hydrogens is 408 g/mol. The lowest BCUT2D eigenvalue weighted by molar-refractivity contribution is -0.366. The van der Waals surface area contributed by atoms with Crippen molar-refractivity contribution in [3.63, 3.8) is 0 Å². The maximum Gasteiger partial charge on any atom is 0.224 e. The molecule has 1 aliphatic heterocycles. The van der Waals surface area contributed by atoms with Gasteiger partial charge in [-0.05, 0) is 54.0 Å². The highest BCUT2D eigenvalue weighted by atomic mass is 35.5. The van der Waals surface area contributed by atoms with Crippen molar-refractivity contribution in [2.45, 2.75) is 55.4 Å². The van der Waals surface area contributed by atoms with E-state index in [0.29, 0.717) is 22.9 Å². The van der Waals surface area contributed by atoms with Crippen LogP contribution in [-0.4, -0.2) is 58.6 Å². The zero-order valence-electron chi connectivity index (χ0n) is 16.7. The van der Waals surface area contributed by atoms with Gasteiger partial charge in [-0.15, -0.1) is 0 Å². The Kier molecular flexibility index (Phi) is 6.19. The van der Waals surface area contributed by atoms with Gasteiger partial charge in [0.1, 0.15) is 24.4 Å². The molecule has 0 aromatic heterocycles. The summed E-state index contributed by atoms with van der Waals surface area (Å²) in [6.07, 6.45) is -2.59. The first-order valence-electron chi connectivity index (χ1n) is 10.2. The molecule has 0 bridgehead atoms. The van der Waals surface area contributed by atoms with Crippen LogP contribution in [0, 0.1) is 0 Å². The maximum absolute atomic E-state index is 10.7. The monoisotopic (exact) mass is 434 g/mol. The molecule has 30 heavy (non-hydrogen) atoms. The summed E-state index contributed by atoms with van der Waals surface area (Å²) in [4.78, 5) is 0. The fourth-order valence-electron chi connectivity index (χ4n) is 4.14. The molecule has 2 fully saturated rings. The van der Waals surface area contributed by atoms with E-state index in [4.69, 9.17) is 21.1 Å². The van der Waals surface area contributed by atoms with Gasteiger partial charge in [0.25, 0.3) is 0 Å². The van der Waals surface area contributed by atoms with Crippen LogP contribution in [0.5, 0.6) is 0 Å². The van der Waals surface area contributed by atoms with Crippen LogP contribution < -0.4 is 0 Å². The van der Waals surface area contributed by atoms with E-state index >= 15 is 0 Å². The van der Waals surface area contributed by atoms with Gasteiger partial charge in [0, 0.05) is 17.7 Å². The third-order valence-electron chi connectivity index (χ3n) is 6.12. The molecule has 4 rings (SSSR count). The third kappa shape index (κ3) is 3.89. The lowest BCUT2D eigenvalue weighted by atomic mass is 9.87. The predicted molar refractivity (Wildman–Crippen MR) is 111 cm³/mol. The highest BCUT2D eigenvalue weighted by molar-refractivity contribution is 6.31. The van der Waals surface area contributed by atoms with E-state index in [0.717, 1.165) is 11.1 Å². The van der Waals surface area contributed by atoms with Crippen molar-refractivity contribution in [2.24, 2.45) is 0 Å². The molecule has 6 nitrogen and oxygen atoms in total. The van der Waals surface area contributed by atoms with Crippen molar-refractivity contribution in [3.8, 4) is 0 Å². The average Bonchev–Trinajstić information content (AvgIpc) is 3.60. The zero-order chi connectivity index (χ0) is 21.5. The summed E-state index contributed by atoms with van der Waals surface area (Å²) < 4.78 is 11.3. The van der Waals surface area contributed by atoms with Gasteiger partial charge < -0.3 is 29.9 Å². The molecule has 7 heteroatoms. The minimum atomic E-state index is -1.75. The van der Waals surface area contributed by atoms with Crippen molar-refractivity contribution < 1.29 is 29.9 Å². The van der Waals surface area contributed by atoms with Crippen LogP contribution >= 0.6 is 11.6 Å². The molecule has 1 heterocycles.